The number of nitrogens with one attached hydrogen (secondary N) is 2. The second-order valence-electron chi connectivity index (χ2n) is 7.13. The molecule has 0 unspecified atom stereocenters. The lowest BCUT2D eigenvalue weighted by Gasteiger charge is -2.44. The van der Waals surface area contributed by atoms with E-state index in [4.69, 9.17) is 10.00 Å². The van der Waals surface area contributed by atoms with Gasteiger partial charge in [-0.2, -0.15) is 5.26 Å². The van der Waals surface area contributed by atoms with Crippen LogP contribution in [0.2, 0.25) is 0 Å². The summed E-state index contributed by atoms with van der Waals surface area (Å²) >= 11 is 0. The Morgan fingerprint density at radius 3 is 2.76 bits per heavy atom. The van der Waals surface area contributed by atoms with Gasteiger partial charge in [0.25, 0.3) is 0 Å². The lowest BCUT2D eigenvalue weighted by Crippen LogP contribution is -2.51. The molecule has 4 rings (SSSR count). The van der Waals surface area contributed by atoms with Gasteiger partial charge in [-0.3, -0.25) is 5.32 Å². The molecule has 0 saturated carbocycles. The fraction of sp³-hybridized carbons (Fsp3) is 0.286. The summed E-state index contributed by atoms with van der Waals surface area (Å²) in [6.07, 6.45) is 0.511. The Labute approximate surface area is 167 Å². The van der Waals surface area contributed by atoms with E-state index in [2.05, 4.69) is 10.6 Å². The summed E-state index contributed by atoms with van der Waals surface area (Å²) < 4.78 is 19.3. The number of amides is 3. The molecule has 0 bridgehead atoms. The maximum absolute atomic E-state index is 13.7. The number of piperidine rings is 1. The molecule has 0 aliphatic carbocycles. The molecule has 2 aromatic carbocycles. The van der Waals surface area contributed by atoms with E-state index in [0.29, 0.717) is 31.5 Å². The van der Waals surface area contributed by atoms with Crippen LogP contribution in [-0.4, -0.2) is 30.1 Å². The van der Waals surface area contributed by atoms with Gasteiger partial charge >= 0.3 is 12.1 Å². The second kappa shape index (κ2) is 7.43. The Kier molecular flexibility index (Phi) is 4.80. The summed E-state index contributed by atoms with van der Waals surface area (Å²) in [4.78, 5) is 26.1. The zero-order chi connectivity index (χ0) is 20.4. The van der Waals surface area contributed by atoms with E-state index in [1.54, 1.807) is 17.0 Å². The molecule has 2 aliphatic rings. The molecule has 2 heterocycles. The standard InChI is InChI=1S/C21H19FN4O3/c22-17-11-14(5-6-15(17)12-23)13-24-19(27)26-9-7-21(8-10-26)16-3-1-2-4-18(16)25-20(28)29-21/h1-6,11H,7-10,13H2,(H,24,27)(H,25,28). The zero-order valence-corrected chi connectivity index (χ0v) is 15.6. The van der Waals surface area contributed by atoms with Crippen molar-refractivity contribution < 1.29 is 18.7 Å². The first kappa shape index (κ1) is 18.7. The molecule has 29 heavy (non-hydrogen) atoms. The van der Waals surface area contributed by atoms with E-state index in [1.807, 2.05) is 24.3 Å². The van der Waals surface area contributed by atoms with Gasteiger partial charge in [-0.25, -0.2) is 14.0 Å². The molecule has 0 radical (unpaired) electrons. The monoisotopic (exact) mass is 394 g/mol. The molecule has 3 amide bonds. The number of halogens is 1. The van der Waals surface area contributed by atoms with E-state index in [0.717, 1.165) is 11.3 Å². The van der Waals surface area contributed by atoms with Crippen molar-refractivity contribution in [1.82, 2.24) is 10.2 Å². The van der Waals surface area contributed by atoms with Crippen LogP contribution in [-0.2, 0) is 16.9 Å². The first-order valence-electron chi connectivity index (χ1n) is 9.31. The molecule has 2 aliphatic heterocycles. The van der Waals surface area contributed by atoms with Crippen LogP contribution in [0.3, 0.4) is 0 Å². The maximum atomic E-state index is 13.7. The summed E-state index contributed by atoms with van der Waals surface area (Å²) in [7, 11) is 0. The summed E-state index contributed by atoms with van der Waals surface area (Å²) in [5.74, 6) is -0.606. The Hall–Kier alpha value is -3.60. The lowest BCUT2D eigenvalue weighted by atomic mass is 9.82. The number of para-hydroxylation sites is 1. The number of carbonyl (C=O) groups excluding carboxylic acids is 2. The number of hydrogen-bond donors (Lipinski definition) is 2. The fourth-order valence-electron chi connectivity index (χ4n) is 3.85. The molecule has 0 atom stereocenters. The van der Waals surface area contributed by atoms with Gasteiger partial charge in [0, 0.05) is 38.0 Å². The Morgan fingerprint density at radius 2 is 2.03 bits per heavy atom. The van der Waals surface area contributed by atoms with Crippen LogP contribution in [0.1, 0.15) is 29.5 Å². The van der Waals surface area contributed by atoms with Crippen LogP contribution in [0.5, 0.6) is 0 Å². The lowest BCUT2D eigenvalue weighted by molar-refractivity contribution is -0.0303. The van der Waals surface area contributed by atoms with Crippen molar-refractivity contribution in [2.45, 2.75) is 25.0 Å². The van der Waals surface area contributed by atoms with Crippen LogP contribution >= 0.6 is 0 Å². The third-order valence-electron chi connectivity index (χ3n) is 5.40. The van der Waals surface area contributed by atoms with Crippen LogP contribution in [0.25, 0.3) is 0 Å². The van der Waals surface area contributed by atoms with Gasteiger partial charge in [0.15, 0.2) is 0 Å². The van der Waals surface area contributed by atoms with Crippen LogP contribution in [0.15, 0.2) is 42.5 Å². The van der Waals surface area contributed by atoms with Crippen LogP contribution in [0.4, 0.5) is 19.7 Å². The first-order valence-corrected chi connectivity index (χ1v) is 9.31. The van der Waals surface area contributed by atoms with Crippen molar-refractivity contribution in [3.8, 4) is 6.07 Å². The number of likely N-dealkylation sites (tertiary alicyclic amines) is 1. The first-order chi connectivity index (χ1) is 14.0. The molecular weight excluding hydrogens is 375 g/mol. The number of nitrogens with zero attached hydrogens (tertiary/aromatic N) is 2. The maximum Gasteiger partial charge on any atom is 0.412 e. The quantitative estimate of drug-likeness (QED) is 0.816. The Morgan fingerprint density at radius 1 is 1.28 bits per heavy atom. The minimum atomic E-state index is -0.730. The minimum Gasteiger partial charge on any atom is -0.438 e. The smallest absolute Gasteiger partial charge is 0.412 e. The number of benzene rings is 2. The molecule has 1 fully saturated rings. The average molecular weight is 394 g/mol. The zero-order valence-electron chi connectivity index (χ0n) is 15.6. The molecule has 2 N–H and O–H groups in total. The van der Waals surface area contributed by atoms with Gasteiger partial charge in [-0.15, -0.1) is 0 Å². The number of rotatable bonds is 2. The predicted octanol–water partition coefficient (Wildman–Crippen LogP) is 3.46. The summed E-state index contributed by atoms with van der Waals surface area (Å²) in [6.45, 7) is 1.01. The van der Waals surface area contributed by atoms with Gasteiger partial charge in [0.05, 0.1) is 11.3 Å². The number of fused-ring (bicyclic) bond motifs is 2. The topological polar surface area (TPSA) is 94.5 Å². The largest absolute Gasteiger partial charge is 0.438 e. The molecule has 7 nitrogen and oxygen atoms in total. The predicted molar refractivity (Wildman–Crippen MR) is 102 cm³/mol. The van der Waals surface area contributed by atoms with E-state index in [-0.39, 0.29) is 18.1 Å². The van der Waals surface area contributed by atoms with Crippen LogP contribution < -0.4 is 10.6 Å². The number of anilines is 1. The van der Waals surface area contributed by atoms with E-state index >= 15 is 0 Å². The molecule has 2 aromatic rings. The number of hydrogen-bond acceptors (Lipinski definition) is 4. The summed E-state index contributed by atoms with van der Waals surface area (Å²) in [5.41, 5.74) is 1.48. The van der Waals surface area contributed by atoms with Gasteiger partial charge in [-0.05, 0) is 23.8 Å². The van der Waals surface area contributed by atoms with Crippen molar-refractivity contribution in [3.05, 3.63) is 65.0 Å². The molecule has 148 valence electrons. The highest BCUT2D eigenvalue weighted by molar-refractivity contribution is 5.88. The Bertz CT molecular complexity index is 1010. The van der Waals surface area contributed by atoms with E-state index in [1.165, 1.54) is 12.1 Å². The highest BCUT2D eigenvalue weighted by Crippen LogP contribution is 2.43. The molecular formula is C21H19FN4O3. The van der Waals surface area contributed by atoms with Crippen molar-refractivity contribution >= 4 is 17.8 Å². The summed E-state index contributed by atoms with van der Waals surface area (Å²) in [5, 5.41) is 14.3. The molecule has 8 heteroatoms. The third kappa shape index (κ3) is 3.59. The number of nitriles is 1. The van der Waals surface area contributed by atoms with Crippen LogP contribution in [0, 0.1) is 17.1 Å². The van der Waals surface area contributed by atoms with Gasteiger partial charge in [0.1, 0.15) is 17.5 Å². The van der Waals surface area contributed by atoms with Crippen molar-refractivity contribution in [2.75, 3.05) is 18.4 Å². The second-order valence-corrected chi connectivity index (χ2v) is 7.13. The normalized spacial score (nSPS) is 17.0. The SMILES string of the molecule is N#Cc1ccc(CNC(=O)N2CCC3(CC2)OC(=O)Nc2ccccc23)cc1F. The van der Waals surface area contributed by atoms with Gasteiger partial charge in [-0.1, -0.05) is 24.3 Å². The van der Waals surface area contributed by atoms with E-state index < -0.39 is 17.5 Å². The van der Waals surface area contributed by atoms with Crippen molar-refractivity contribution in [1.29, 1.82) is 5.26 Å². The fourth-order valence-corrected chi connectivity index (χ4v) is 3.85. The van der Waals surface area contributed by atoms with Crippen molar-refractivity contribution in [2.24, 2.45) is 0 Å². The highest BCUT2D eigenvalue weighted by atomic mass is 19.1. The molecule has 0 aromatic heterocycles. The molecule has 1 saturated heterocycles. The average Bonchev–Trinajstić information content (AvgIpc) is 2.72. The summed E-state index contributed by atoms with van der Waals surface area (Å²) in [6, 6.07) is 13.3. The molecule has 1 spiro atoms. The highest BCUT2D eigenvalue weighted by Gasteiger charge is 2.44. The third-order valence-corrected chi connectivity index (χ3v) is 5.40. The number of ether oxygens (including phenoxy) is 1. The minimum absolute atomic E-state index is 0.0294. The number of carbonyl (C=O) groups is 2. The van der Waals surface area contributed by atoms with Gasteiger partial charge < -0.3 is 15.0 Å². The van der Waals surface area contributed by atoms with Gasteiger partial charge in [0.2, 0.25) is 0 Å². The van der Waals surface area contributed by atoms with Crippen molar-refractivity contribution in [3.63, 3.8) is 0 Å². The number of urea groups is 1. The van der Waals surface area contributed by atoms with E-state index in [9.17, 15) is 14.0 Å². The Balaban J connectivity index is 1.39.